The average molecular weight is 1530 g/mol. The highest BCUT2D eigenvalue weighted by molar-refractivity contribution is 6.00. The number of nitrogens with one attached hydrogen (secondary N) is 6. The molecule has 0 aromatic carbocycles. The number of aliphatic hydroxyl groups is 1. The quantitative estimate of drug-likeness (QED) is 0.0830. The fourth-order valence-electron chi connectivity index (χ4n) is 15.5. The molecule has 0 radical (unpaired) electrons. The number of methoxy groups -OCH3 is 1. The molecule has 4 fully saturated rings. The predicted molar refractivity (Wildman–Crippen MR) is 411 cm³/mol. The van der Waals surface area contributed by atoms with Gasteiger partial charge in [-0.25, -0.2) is 0 Å². The second-order valence-corrected chi connectivity index (χ2v) is 33.6. The lowest BCUT2D eigenvalue weighted by Gasteiger charge is -2.39. The van der Waals surface area contributed by atoms with Gasteiger partial charge >= 0.3 is 0 Å². The smallest absolute Gasteiger partial charge is 0.248 e. The summed E-state index contributed by atoms with van der Waals surface area (Å²) in [6.07, 6.45) is 6.52. The first-order valence-electron chi connectivity index (χ1n) is 40.1. The molecule has 2 saturated heterocycles. The van der Waals surface area contributed by atoms with Crippen LogP contribution in [0.1, 0.15) is 225 Å². The normalized spacial score (nSPS) is 28.4. The van der Waals surface area contributed by atoms with Gasteiger partial charge in [0.2, 0.25) is 76.8 Å². The van der Waals surface area contributed by atoms with Crippen molar-refractivity contribution in [1.82, 2.24) is 66.2 Å². The Kier molecular flexibility index (Phi) is 38.2. The summed E-state index contributed by atoms with van der Waals surface area (Å²) in [7, 11) is 10.2. The first kappa shape index (κ1) is 93.4. The van der Waals surface area contributed by atoms with Crippen LogP contribution in [0.15, 0.2) is 0 Å². The molecule has 2 aliphatic heterocycles. The standard InChI is InChI=1S/C79H139N13O16/c1-22-24-35-92-45-65(95)86(16)59(38-47(3)4)69(97)84-58(46-108-79(12,13)14)75(103)90(20)67(50(9)23-2)78(106)89(19)60(39-48(5)6)70(98)83-57(76(104)91-36-29-26-30-37-91)44-64(94)81-51(10)73(101)87(17)62(42-53-31-27-25-28-32-53)71(99)82-56(41-54-33-34-55(68(96)80-15)63(43-54)107-21)74(102)88(18)61(40-49(7)8)72(100)85-66(52(11)93)77(92)105/h47-63,66-67,93H,22-46H2,1-21H3,(H,80,96)(H,81,94)(H,82,99)(H,83,98)(H,84,97)(H,85,100)/t50-,51+,52+,54?,55?,56-,57-,58-,59-,60-,61-,62-,63?,66-,67-/m0/s1. The Bertz CT molecular complexity index is 3000. The van der Waals surface area contributed by atoms with E-state index >= 15 is 43.2 Å². The Balaban J connectivity index is 2.02. The molecule has 29 nitrogen and oxygen atoms in total. The lowest BCUT2D eigenvalue weighted by Crippen LogP contribution is -2.62. The van der Waals surface area contributed by atoms with Gasteiger partial charge in [0.05, 0.1) is 43.3 Å². The van der Waals surface area contributed by atoms with E-state index in [1.807, 2.05) is 55.4 Å². The molecule has 4 rings (SSSR count). The van der Waals surface area contributed by atoms with E-state index in [1.54, 1.807) is 39.6 Å². The zero-order valence-corrected chi connectivity index (χ0v) is 69.3. The van der Waals surface area contributed by atoms with E-state index in [-0.39, 0.29) is 80.8 Å². The third kappa shape index (κ3) is 27.5. The number of carbonyl (C=O) groups is 13. The first-order valence-corrected chi connectivity index (χ1v) is 40.1. The molecule has 108 heavy (non-hydrogen) atoms. The van der Waals surface area contributed by atoms with Crippen LogP contribution < -0.4 is 31.9 Å². The van der Waals surface area contributed by atoms with Crippen LogP contribution in [0.4, 0.5) is 0 Å². The SMILES string of the molecule is CCCCN1CC(=O)N(C)[C@@H](CC(C)C)C(=O)N[C@@H](COC(C)(C)C)C(=O)N(C)[C@@H]([C@@H](C)CC)C(=O)N(C)[C@@H](CC(C)C)C(=O)N[C@H](C(=O)N2CCCCC2)CC(=O)N[C@H](C)C(=O)N(C)[C@@H](CC2CCCCC2)C(=O)N[C@@H](CC2CCC(C(=O)NC)C(OC)C2)C(=O)N(C)[C@@H](CC(C)C)C(=O)N[C@@H]([C@@H](C)O)C1=O. The molecule has 0 bridgehead atoms. The van der Waals surface area contributed by atoms with Crippen molar-refractivity contribution in [2.45, 2.75) is 304 Å². The van der Waals surface area contributed by atoms with Gasteiger partial charge in [-0.3, -0.25) is 62.3 Å². The van der Waals surface area contributed by atoms with E-state index in [9.17, 15) is 24.3 Å². The molecule has 616 valence electrons. The van der Waals surface area contributed by atoms with Crippen LogP contribution in [0.3, 0.4) is 0 Å². The Hall–Kier alpha value is -7.01. The van der Waals surface area contributed by atoms with Crippen LogP contribution in [-0.2, 0) is 71.8 Å². The molecule has 2 saturated carbocycles. The number of unbranched alkanes of at least 4 members (excludes halogenated alkanes) is 1. The van der Waals surface area contributed by atoms with E-state index in [1.165, 1.54) is 85.6 Å². The van der Waals surface area contributed by atoms with Gasteiger partial charge in [0.25, 0.3) is 0 Å². The van der Waals surface area contributed by atoms with Gasteiger partial charge in [0.1, 0.15) is 60.4 Å². The third-order valence-electron chi connectivity index (χ3n) is 22.2. The minimum absolute atomic E-state index is 0.00771. The fraction of sp³-hybridized carbons (Fsp3) is 0.835. The molecule has 7 N–H and O–H groups in total. The number of piperidine rings is 1. The van der Waals surface area contributed by atoms with Crippen molar-refractivity contribution in [3.05, 3.63) is 0 Å². The Morgan fingerprint density at radius 1 is 0.583 bits per heavy atom. The van der Waals surface area contributed by atoms with Crippen molar-refractivity contribution >= 4 is 76.8 Å². The van der Waals surface area contributed by atoms with Gasteiger partial charge in [-0.1, -0.05) is 107 Å². The summed E-state index contributed by atoms with van der Waals surface area (Å²) in [6.45, 7) is 24.4. The number of likely N-dealkylation sites (N-methyl/N-ethyl adjacent to an activating group) is 5. The van der Waals surface area contributed by atoms with Crippen molar-refractivity contribution in [2.24, 2.45) is 41.4 Å². The van der Waals surface area contributed by atoms with Gasteiger partial charge in [-0.15, -0.1) is 0 Å². The van der Waals surface area contributed by atoms with Crippen molar-refractivity contribution in [3.63, 3.8) is 0 Å². The number of carbonyl (C=O) groups excluding carboxylic acids is 13. The van der Waals surface area contributed by atoms with Gasteiger partial charge in [0.15, 0.2) is 0 Å². The minimum Gasteiger partial charge on any atom is -0.391 e. The molecule has 0 aromatic heterocycles. The summed E-state index contributed by atoms with van der Waals surface area (Å²) < 4.78 is 12.1. The topological polar surface area (TPSA) is 355 Å². The highest BCUT2D eigenvalue weighted by Crippen LogP contribution is 2.35. The Labute approximate surface area is 644 Å². The van der Waals surface area contributed by atoms with Crippen molar-refractivity contribution in [1.29, 1.82) is 0 Å². The molecule has 15 atom stereocenters. The summed E-state index contributed by atoms with van der Waals surface area (Å²) >= 11 is 0. The molecule has 13 amide bonds. The molecule has 29 heteroatoms. The maximum atomic E-state index is 15.7. The van der Waals surface area contributed by atoms with Crippen molar-refractivity contribution in [2.75, 3.05) is 82.2 Å². The fourth-order valence-corrected chi connectivity index (χ4v) is 15.5. The van der Waals surface area contributed by atoms with E-state index in [0.29, 0.717) is 64.5 Å². The third-order valence-corrected chi connectivity index (χ3v) is 22.2. The predicted octanol–water partition coefficient (Wildman–Crippen LogP) is 4.53. The number of hydrogen-bond donors (Lipinski definition) is 7. The summed E-state index contributed by atoms with van der Waals surface area (Å²) in [6, 6.07) is -13.7. The highest BCUT2D eigenvalue weighted by Gasteiger charge is 2.46. The van der Waals surface area contributed by atoms with Gasteiger partial charge < -0.3 is 80.8 Å². The van der Waals surface area contributed by atoms with Crippen molar-refractivity contribution < 1.29 is 76.9 Å². The van der Waals surface area contributed by atoms with Crippen LogP contribution in [0, 0.1) is 41.4 Å². The lowest BCUT2D eigenvalue weighted by atomic mass is 9.76. The Morgan fingerprint density at radius 3 is 1.62 bits per heavy atom. The molecular formula is C79H139N13O16. The van der Waals surface area contributed by atoms with Gasteiger partial charge in [-0.05, 0) is 147 Å². The summed E-state index contributed by atoms with van der Waals surface area (Å²) in [5.74, 6) is -11.0. The molecule has 0 spiro atoms. The van der Waals surface area contributed by atoms with E-state index in [4.69, 9.17) is 9.47 Å². The summed E-state index contributed by atoms with van der Waals surface area (Å²) in [5.41, 5.74) is -0.853. The first-order chi connectivity index (χ1) is 50.6. The molecule has 4 aliphatic rings. The number of rotatable bonds is 21. The zero-order chi connectivity index (χ0) is 81.4. The second-order valence-electron chi connectivity index (χ2n) is 33.6. The monoisotopic (exact) mass is 1530 g/mol. The van der Waals surface area contributed by atoms with Crippen LogP contribution in [0.25, 0.3) is 0 Å². The number of amides is 13. The van der Waals surface area contributed by atoms with E-state index in [2.05, 4.69) is 31.9 Å². The van der Waals surface area contributed by atoms with Crippen molar-refractivity contribution in [3.8, 4) is 0 Å². The molecule has 2 aliphatic carbocycles. The maximum absolute atomic E-state index is 15.7. The number of nitrogens with zero attached hydrogens (tertiary/aromatic N) is 7. The number of hydrogen-bond acceptors (Lipinski definition) is 16. The van der Waals surface area contributed by atoms with Gasteiger partial charge in [0, 0.05) is 69.0 Å². The van der Waals surface area contributed by atoms with Crippen LogP contribution in [0.2, 0.25) is 0 Å². The molecule has 2 heterocycles. The molecule has 0 aromatic rings. The second kappa shape index (κ2) is 44.1. The van der Waals surface area contributed by atoms with Crippen LogP contribution >= 0.6 is 0 Å². The minimum atomic E-state index is -1.68. The number of likely N-dealkylation sites (tertiary alicyclic amines) is 1. The van der Waals surface area contributed by atoms with Crippen LogP contribution in [-0.4, -0.2) is 277 Å². The highest BCUT2D eigenvalue weighted by atomic mass is 16.5. The number of ether oxygens (including phenoxy) is 2. The molecule has 3 unspecified atom stereocenters. The zero-order valence-electron chi connectivity index (χ0n) is 69.3. The summed E-state index contributed by atoms with van der Waals surface area (Å²) in [5, 5.41) is 28.6. The summed E-state index contributed by atoms with van der Waals surface area (Å²) in [4.78, 5) is 204. The van der Waals surface area contributed by atoms with Crippen LogP contribution in [0.5, 0.6) is 0 Å². The Morgan fingerprint density at radius 2 is 1.09 bits per heavy atom. The van der Waals surface area contributed by atoms with E-state index in [0.717, 1.165) is 38.5 Å². The largest absolute Gasteiger partial charge is 0.391 e. The average Bonchev–Trinajstić information content (AvgIpc) is 0.812. The van der Waals surface area contributed by atoms with E-state index < -0.39 is 174 Å². The van der Waals surface area contributed by atoms with Gasteiger partial charge in [-0.2, -0.15) is 0 Å². The maximum Gasteiger partial charge on any atom is 0.248 e. The number of aliphatic hydroxyl groups excluding tert-OH is 1. The molecular weight excluding hydrogens is 1390 g/mol. The lowest BCUT2D eigenvalue weighted by molar-refractivity contribution is -0.153.